The van der Waals surface area contributed by atoms with E-state index in [0.717, 1.165) is 36.0 Å². The molecule has 21 heavy (non-hydrogen) atoms. The third kappa shape index (κ3) is 2.74. The van der Waals surface area contributed by atoms with Crippen LogP contribution in [0, 0.1) is 0 Å². The molecule has 4 heteroatoms. The number of aromatic nitrogens is 1. The van der Waals surface area contributed by atoms with Crippen LogP contribution in [-0.2, 0) is 6.54 Å². The summed E-state index contributed by atoms with van der Waals surface area (Å²) in [6, 6.07) is 7.78. The quantitative estimate of drug-likeness (QED) is 0.909. The minimum atomic E-state index is -0.221. The zero-order valence-corrected chi connectivity index (χ0v) is 12.6. The van der Waals surface area contributed by atoms with Crippen LogP contribution in [0.25, 0.3) is 10.8 Å². The van der Waals surface area contributed by atoms with Crippen molar-refractivity contribution in [1.29, 1.82) is 0 Å². The first-order valence-electron chi connectivity index (χ1n) is 7.60. The second-order valence-electron chi connectivity index (χ2n) is 6.22. The van der Waals surface area contributed by atoms with E-state index in [4.69, 9.17) is 0 Å². The molecular formula is C17H22N2O2. The standard InChI is InChI=1S/C17H22N2O2/c1-11(2)16-15(10-19-8-7-12(20)9-19)13-5-3-4-6-14(13)17(21)18-16/h3-6,11-12,20H,7-10H2,1-2H3,(H,18,21). The predicted octanol–water partition coefficient (Wildman–Crippen LogP) is 2.22. The van der Waals surface area contributed by atoms with Gasteiger partial charge >= 0.3 is 0 Å². The van der Waals surface area contributed by atoms with Crippen LogP contribution in [0.15, 0.2) is 29.1 Å². The summed E-state index contributed by atoms with van der Waals surface area (Å²) < 4.78 is 0. The van der Waals surface area contributed by atoms with E-state index in [-0.39, 0.29) is 17.6 Å². The lowest BCUT2D eigenvalue weighted by molar-refractivity contribution is 0.174. The van der Waals surface area contributed by atoms with Gasteiger partial charge in [-0.25, -0.2) is 0 Å². The molecule has 1 atom stereocenters. The summed E-state index contributed by atoms with van der Waals surface area (Å²) in [6.07, 6.45) is 0.611. The van der Waals surface area contributed by atoms with Gasteiger partial charge in [-0.3, -0.25) is 9.69 Å². The molecule has 2 aromatic rings. The van der Waals surface area contributed by atoms with Gasteiger partial charge in [0.25, 0.3) is 5.56 Å². The number of fused-ring (bicyclic) bond motifs is 1. The van der Waals surface area contributed by atoms with Crippen molar-refractivity contribution < 1.29 is 5.11 Å². The Hall–Kier alpha value is -1.65. The SMILES string of the molecule is CC(C)c1[nH]c(=O)c2ccccc2c1CN1CCC(O)C1. The van der Waals surface area contributed by atoms with E-state index in [1.807, 2.05) is 24.3 Å². The maximum Gasteiger partial charge on any atom is 0.256 e. The maximum atomic E-state index is 12.2. The number of aliphatic hydroxyl groups excluding tert-OH is 1. The molecule has 0 bridgehead atoms. The number of nitrogens with zero attached hydrogens (tertiary/aromatic N) is 1. The lowest BCUT2D eigenvalue weighted by atomic mass is 9.97. The van der Waals surface area contributed by atoms with E-state index in [2.05, 4.69) is 23.7 Å². The highest BCUT2D eigenvalue weighted by atomic mass is 16.3. The van der Waals surface area contributed by atoms with Crippen LogP contribution in [0.3, 0.4) is 0 Å². The van der Waals surface area contributed by atoms with Gasteiger partial charge < -0.3 is 10.1 Å². The number of H-pyrrole nitrogens is 1. The van der Waals surface area contributed by atoms with Crippen molar-refractivity contribution in [2.45, 2.75) is 38.8 Å². The van der Waals surface area contributed by atoms with Gasteiger partial charge in [0.15, 0.2) is 0 Å². The highest BCUT2D eigenvalue weighted by Crippen LogP contribution is 2.26. The summed E-state index contributed by atoms with van der Waals surface area (Å²) in [4.78, 5) is 17.6. The van der Waals surface area contributed by atoms with Gasteiger partial charge in [-0.05, 0) is 29.4 Å². The average Bonchev–Trinajstić information content (AvgIpc) is 2.87. The van der Waals surface area contributed by atoms with Gasteiger partial charge in [0.1, 0.15) is 0 Å². The van der Waals surface area contributed by atoms with Gasteiger partial charge in [0, 0.05) is 30.7 Å². The fourth-order valence-corrected chi connectivity index (χ4v) is 3.20. The Morgan fingerprint density at radius 3 is 2.67 bits per heavy atom. The van der Waals surface area contributed by atoms with Gasteiger partial charge in [-0.1, -0.05) is 32.0 Å². The van der Waals surface area contributed by atoms with Crippen molar-refractivity contribution in [1.82, 2.24) is 9.88 Å². The number of nitrogens with one attached hydrogen (secondary N) is 1. The molecule has 0 saturated carbocycles. The summed E-state index contributed by atoms with van der Waals surface area (Å²) in [6.45, 7) is 6.60. The Balaban J connectivity index is 2.11. The van der Waals surface area contributed by atoms with E-state index in [9.17, 15) is 9.90 Å². The van der Waals surface area contributed by atoms with E-state index in [1.165, 1.54) is 5.56 Å². The summed E-state index contributed by atoms with van der Waals surface area (Å²) >= 11 is 0. The van der Waals surface area contributed by atoms with Crippen LogP contribution >= 0.6 is 0 Å². The van der Waals surface area contributed by atoms with E-state index in [1.54, 1.807) is 0 Å². The molecule has 1 saturated heterocycles. The summed E-state index contributed by atoms with van der Waals surface area (Å²) in [5.74, 6) is 0.268. The van der Waals surface area contributed by atoms with Crippen molar-refractivity contribution >= 4 is 10.8 Å². The molecule has 1 fully saturated rings. The Morgan fingerprint density at radius 1 is 1.33 bits per heavy atom. The topological polar surface area (TPSA) is 56.3 Å². The molecule has 1 aliphatic rings. The van der Waals surface area contributed by atoms with Crippen molar-refractivity contribution in [3.05, 3.63) is 45.9 Å². The molecule has 2 heterocycles. The molecule has 0 radical (unpaired) electrons. The molecule has 1 unspecified atom stereocenters. The number of rotatable bonds is 3. The number of pyridine rings is 1. The second kappa shape index (κ2) is 5.62. The molecule has 3 rings (SSSR count). The maximum absolute atomic E-state index is 12.2. The highest BCUT2D eigenvalue weighted by molar-refractivity contribution is 5.85. The summed E-state index contributed by atoms with van der Waals surface area (Å²) in [5, 5.41) is 11.5. The molecule has 0 aliphatic carbocycles. The monoisotopic (exact) mass is 286 g/mol. The fourth-order valence-electron chi connectivity index (χ4n) is 3.20. The largest absolute Gasteiger partial charge is 0.392 e. The molecule has 0 spiro atoms. The van der Waals surface area contributed by atoms with E-state index < -0.39 is 0 Å². The molecule has 1 aliphatic heterocycles. The molecule has 112 valence electrons. The number of benzene rings is 1. The van der Waals surface area contributed by atoms with Crippen LogP contribution in [0.5, 0.6) is 0 Å². The number of hydrogen-bond acceptors (Lipinski definition) is 3. The fraction of sp³-hybridized carbons (Fsp3) is 0.471. The lowest BCUT2D eigenvalue weighted by Gasteiger charge is -2.21. The molecule has 2 N–H and O–H groups in total. The van der Waals surface area contributed by atoms with Gasteiger partial charge in [-0.2, -0.15) is 0 Å². The third-order valence-electron chi connectivity index (χ3n) is 4.28. The highest BCUT2D eigenvalue weighted by Gasteiger charge is 2.23. The molecule has 4 nitrogen and oxygen atoms in total. The summed E-state index contributed by atoms with van der Waals surface area (Å²) in [5.41, 5.74) is 2.19. The molecular weight excluding hydrogens is 264 g/mol. The van der Waals surface area contributed by atoms with E-state index in [0.29, 0.717) is 6.54 Å². The first kappa shape index (κ1) is 14.3. The average molecular weight is 286 g/mol. The Labute approximate surface area is 124 Å². The minimum absolute atomic E-state index is 0.0143. The first-order valence-corrected chi connectivity index (χ1v) is 7.60. The van der Waals surface area contributed by atoms with Gasteiger partial charge in [0.2, 0.25) is 0 Å². The zero-order chi connectivity index (χ0) is 15.0. The number of hydrogen-bond donors (Lipinski definition) is 2. The van der Waals surface area contributed by atoms with Crippen LogP contribution in [0.2, 0.25) is 0 Å². The van der Waals surface area contributed by atoms with E-state index >= 15 is 0 Å². The normalized spacial score (nSPS) is 19.7. The Kier molecular flexibility index (Phi) is 3.83. The van der Waals surface area contributed by atoms with Crippen molar-refractivity contribution in [2.24, 2.45) is 0 Å². The minimum Gasteiger partial charge on any atom is -0.392 e. The summed E-state index contributed by atoms with van der Waals surface area (Å²) in [7, 11) is 0. The number of aromatic amines is 1. The van der Waals surface area contributed by atoms with Crippen molar-refractivity contribution in [3.63, 3.8) is 0 Å². The molecule has 1 aromatic heterocycles. The van der Waals surface area contributed by atoms with Crippen LogP contribution in [-0.4, -0.2) is 34.2 Å². The lowest BCUT2D eigenvalue weighted by Crippen LogP contribution is -2.24. The Bertz CT molecular complexity index is 705. The van der Waals surface area contributed by atoms with Crippen LogP contribution in [0.1, 0.15) is 37.4 Å². The van der Waals surface area contributed by atoms with Gasteiger partial charge in [-0.15, -0.1) is 0 Å². The van der Waals surface area contributed by atoms with Gasteiger partial charge in [0.05, 0.1) is 6.10 Å². The van der Waals surface area contributed by atoms with Crippen LogP contribution < -0.4 is 5.56 Å². The first-order chi connectivity index (χ1) is 10.1. The number of likely N-dealkylation sites (tertiary alicyclic amines) is 1. The number of β-amino-alcohol motifs (C(OH)–C–C–N with tert-alkyl or cyclic N) is 1. The third-order valence-corrected chi connectivity index (χ3v) is 4.28. The predicted molar refractivity (Wildman–Crippen MR) is 84.6 cm³/mol. The number of aliphatic hydroxyl groups is 1. The molecule has 0 amide bonds. The Morgan fingerprint density at radius 2 is 2.05 bits per heavy atom. The molecule has 1 aromatic carbocycles. The van der Waals surface area contributed by atoms with Crippen LogP contribution in [0.4, 0.5) is 0 Å². The van der Waals surface area contributed by atoms with Crippen molar-refractivity contribution in [3.8, 4) is 0 Å². The smallest absolute Gasteiger partial charge is 0.256 e. The zero-order valence-electron chi connectivity index (χ0n) is 12.6. The van der Waals surface area contributed by atoms with Crippen molar-refractivity contribution in [2.75, 3.05) is 13.1 Å². The second-order valence-corrected chi connectivity index (χ2v) is 6.22.